The number of hydrogen-bond donors (Lipinski definition) is 1. The Labute approximate surface area is 117 Å². The molecule has 20 heavy (non-hydrogen) atoms. The van der Waals surface area contributed by atoms with E-state index in [0.29, 0.717) is 6.54 Å². The van der Waals surface area contributed by atoms with Crippen LogP contribution in [0.4, 0.5) is 11.4 Å². The Kier molecular flexibility index (Phi) is 3.12. The fourth-order valence-electron chi connectivity index (χ4n) is 3.22. The average Bonchev–Trinajstić information content (AvgIpc) is 2.47. The molecule has 1 amide bonds. The Morgan fingerprint density at radius 1 is 1.35 bits per heavy atom. The third-order valence-corrected chi connectivity index (χ3v) is 4.19. The van der Waals surface area contributed by atoms with Crippen molar-refractivity contribution >= 4 is 23.3 Å². The van der Waals surface area contributed by atoms with Crippen LogP contribution in [0.5, 0.6) is 0 Å². The van der Waals surface area contributed by atoms with Gasteiger partial charge in [-0.3, -0.25) is 4.79 Å². The van der Waals surface area contributed by atoms with Crippen molar-refractivity contribution in [3.05, 3.63) is 23.8 Å². The number of hydrogen-bond acceptors (Lipinski definition) is 3. The molecule has 1 fully saturated rings. The molecule has 5 heteroatoms. The van der Waals surface area contributed by atoms with Crippen LogP contribution in [0.3, 0.4) is 0 Å². The Hall–Kier alpha value is -2.04. The molecule has 1 saturated heterocycles. The van der Waals surface area contributed by atoms with Gasteiger partial charge in [-0.25, -0.2) is 4.79 Å². The lowest BCUT2D eigenvalue weighted by atomic mass is 9.95. The molecule has 2 heterocycles. The summed E-state index contributed by atoms with van der Waals surface area (Å²) in [6, 6.07) is 5.00. The number of anilines is 2. The SMILES string of the molecule is CCN1C(=O)C2CCCCN2c2ccc(C(=O)O)cc21. The minimum absolute atomic E-state index is 0.0770. The molecule has 3 rings (SSSR count). The number of carboxylic acids is 1. The minimum atomic E-state index is -0.961. The van der Waals surface area contributed by atoms with Crippen LogP contribution in [0.25, 0.3) is 0 Å². The second-order valence-electron chi connectivity index (χ2n) is 5.30. The summed E-state index contributed by atoms with van der Waals surface area (Å²) in [5, 5.41) is 9.13. The van der Waals surface area contributed by atoms with Crippen LogP contribution >= 0.6 is 0 Å². The molecule has 1 aromatic carbocycles. The van der Waals surface area contributed by atoms with Crippen molar-refractivity contribution in [3.8, 4) is 0 Å². The van der Waals surface area contributed by atoms with Gasteiger partial charge in [-0.15, -0.1) is 0 Å². The van der Waals surface area contributed by atoms with Gasteiger partial charge in [0.1, 0.15) is 6.04 Å². The van der Waals surface area contributed by atoms with E-state index in [1.165, 1.54) is 0 Å². The fraction of sp³-hybridized carbons (Fsp3) is 0.467. The number of aromatic carboxylic acids is 1. The highest BCUT2D eigenvalue weighted by atomic mass is 16.4. The van der Waals surface area contributed by atoms with Gasteiger partial charge < -0.3 is 14.9 Å². The van der Waals surface area contributed by atoms with Crippen LogP contribution in [0.15, 0.2) is 18.2 Å². The van der Waals surface area contributed by atoms with Crippen molar-refractivity contribution in [1.29, 1.82) is 0 Å². The Bertz CT molecular complexity index is 570. The summed E-state index contributed by atoms with van der Waals surface area (Å²) < 4.78 is 0. The van der Waals surface area contributed by atoms with E-state index in [2.05, 4.69) is 4.90 Å². The van der Waals surface area contributed by atoms with E-state index in [0.717, 1.165) is 37.2 Å². The third-order valence-electron chi connectivity index (χ3n) is 4.19. The smallest absolute Gasteiger partial charge is 0.335 e. The van der Waals surface area contributed by atoms with Crippen LogP contribution in [0.2, 0.25) is 0 Å². The molecule has 2 aliphatic rings. The number of likely N-dealkylation sites (N-methyl/N-ethyl adjacent to an activating group) is 1. The Balaban J connectivity index is 2.12. The van der Waals surface area contributed by atoms with Gasteiger partial charge >= 0.3 is 5.97 Å². The first-order chi connectivity index (χ1) is 9.63. The standard InChI is InChI=1S/C15H18N2O3/c1-2-16-13-9-10(15(19)20)6-7-11(13)17-8-4-3-5-12(17)14(16)18/h6-7,9,12H,2-5,8H2,1H3,(H,19,20). The summed E-state index contributed by atoms with van der Waals surface area (Å²) in [7, 11) is 0. The maximum atomic E-state index is 12.6. The van der Waals surface area contributed by atoms with Crippen LogP contribution in [0, 0.1) is 0 Å². The quantitative estimate of drug-likeness (QED) is 0.897. The summed E-state index contributed by atoms with van der Waals surface area (Å²) in [4.78, 5) is 27.6. The van der Waals surface area contributed by atoms with Gasteiger partial charge in [0.15, 0.2) is 0 Å². The zero-order valence-electron chi connectivity index (χ0n) is 11.5. The normalized spacial score (nSPS) is 21.4. The molecule has 106 valence electrons. The Morgan fingerprint density at radius 3 is 2.85 bits per heavy atom. The van der Waals surface area contributed by atoms with Crippen LogP contribution in [-0.4, -0.2) is 36.1 Å². The van der Waals surface area contributed by atoms with E-state index in [1.54, 1.807) is 17.0 Å². The number of carboxylic acid groups (broad SMARTS) is 1. The number of fused-ring (bicyclic) bond motifs is 3. The van der Waals surface area contributed by atoms with E-state index in [9.17, 15) is 9.59 Å². The summed E-state index contributed by atoms with van der Waals surface area (Å²) in [5.41, 5.74) is 1.95. The van der Waals surface area contributed by atoms with Crippen molar-refractivity contribution in [3.63, 3.8) is 0 Å². The molecule has 1 N–H and O–H groups in total. The number of piperidine rings is 1. The molecule has 0 bridgehead atoms. The summed E-state index contributed by atoms with van der Waals surface area (Å²) in [5.74, 6) is -0.862. The van der Waals surface area contributed by atoms with Gasteiger partial charge in [0.25, 0.3) is 0 Å². The predicted molar refractivity (Wildman–Crippen MR) is 76.4 cm³/mol. The summed E-state index contributed by atoms with van der Waals surface area (Å²) >= 11 is 0. The van der Waals surface area contributed by atoms with E-state index >= 15 is 0 Å². The van der Waals surface area contributed by atoms with E-state index in [1.807, 2.05) is 13.0 Å². The maximum Gasteiger partial charge on any atom is 0.335 e. The van der Waals surface area contributed by atoms with Crippen molar-refractivity contribution in [2.24, 2.45) is 0 Å². The molecule has 1 unspecified atom stereocenters. The van der Waals surface area contributed by atoms with E-state index in [-0.39, 0.29) is 17.5 Å². The highest BCUT2D eigenvalue weighted by Gasteiger charge is 2.38. The number of benzene rings is 1. The van der Waals surface area contributed by atoms with Crippen LogP contribution < -0.4 is 9.80 Å². The third kappa shape index (κ3) is 1.85. The number of carbonyl (C=O) groups is 2. The van der Waals surface area contributed by atoms with Crippen LogP contribution in [0.1, 0.15) is 36.5 Å². The van der Waals surface area contributed by atoms with Crippen molar-refractivity contribution in [1.82, 2.24) is 0 Å². The first kappa shape index (κ1) is 13.0. The molecule has 0 saturated carbocycles. The molecule has 0 spiro atoms. The monoisotopic (exact) mass is 274 g/mol. The molecule has 2 aliphatic heterocycles. The fourth-order valence-corrected chi connectivity index (χ4v) is 3.22. The lowest BCUT2D eigenvalue weighted by molar-refractivity contribution is -0.120. The van der Waals surface area contributed by atoms with E-state index in [4.69, 9.17) is 5.11 Å². The van der Waals surface area contributed by atoms with Gasteiger partial charge in [-0.2, -0.15) is 0 Å². The molecule has 0 radical (unpaired) electrons. The Morgan fingerprint density at radius 2 is 2.15 bits per heavy atom. The minimum Gasteiger partial charge on any atom is -0.478 e. The molecule has 0 aromatic heterocycles. The van der Waals surface area contributed by atoms with Crippen molar-refractivity contribution in [2.75, 3.05) is 22.9 Å². The first-order valence-electron chi connectivity index (χ1n) is 7.09. The van der Waals surface area contributed by atoms with E-state index < -0.39 is 5.97 Å². The lowest BCUT2D eigenvalue weighted by Gasteiger charge is -2.45. The average molecular weight is 274 g/mol. The second-order valence-corrected chi connectivity index (χ2v) is 5.30. The molecular weight excluding hydrogens is 256 g/mol. The van der Waals surface area contributed by atoms with Crippen molar-refractivity contribution in [2.45, 2.75) is 32.2 Å². The zero-order valence-corrected chi connectivity index (χ0v) is 11.5. The number of amides is 1. The zero-order chi connectivity index (χ0) is 14.3. The predicted octanol–water partition coefficient (Wildman–Crippen LogP) is 2.11. The molecule has 5 nitrogen and oxygen atoms in total. The maximum absolute atomic E-state index is 12.6. The van der Waals surface area contributed by atoms with Gasteiger partial charge in [0.2, 0.25) is 5.91 Å². The largest absolute Gasteiger partial charge is 0.478 e. The summed E-state index contributed by atoms with van der Waals surface area (Å²) in [6.45, 7) is 3.36. The van der Waals surface area contributed by atoms with Gasteiger partial charge in [-0.05, 0) is 44.4 Å². The number of nitrogens with zero attached hydrogens (tertiary/aromatic N) is 2. The molecule has 1 aromatic rings. The van der Waals surface area contributed by atoms with Gasteiger partial charge in [0.05, 0.1) is 16.9 Å². The van der Waals surface area contributed by atoms with Gasteiger partial charge in [0, 0.05) is 13.1 Å². The van der Waals surface area contributed by atoms with Crippen LogP contribution in [-0.2, 0) is 4.79 Å². The highest BCUT2D eigenvalue weighted by Crippen LogP contribution is 2.39. The molecule has 1 atom stereocenters. The number of rotatable bonds is 2. The molecular formula is C15H18N2O3. The van der Waals surface area contributed by atoms with Crippen molar-refractivity contribution < 1.29 is 14.7 Å². The number of carbonyl (C=O) groups excluding carboxylic acids is 1. The second kappa shape index (κ2) is 4.81. The highest BCUT2D eigenvalue weighted by molar-refractivity contribution is 6.06. The van der Waals surface area contributed by atoms with Gasteiger partial charge in [-0.1, -0.05) is 0 Å². The molecule has 0 aliphatic carbocycles. The summed E-state index contributed by atoms with van der Waals surface area (Å²) in [6.07, 6.45) is 3.04. The topological polar surface area (TPSA) is 60.9 Å². The first-order valence-corrected chi connectivity index (χ1v) is 7.09. The lowest BCUT2D eigenvalue weighted by Crippen LogP contribution is -2.55.